The van der Waals surface area contributed by atoms with Crippen molar-refractivity contribution in [3.8, 4) is 0 Å². The number of hydrogen-bond acceptors (Lipinski definition) is 6. The Morgan fingerprint density at radius 2 is 1.89 bits per heavy atom. The van der Waals surface area contributed by atoms with Gasteiger partial charge in [-0.3, -0.25) is 0 Å². The molecule has 0 radical (unpaired) electrons. The molecule has 0 saturated carbocycles. The molecule has 0 amide bonds. The van der Waals surface area contributed by atoms with E-state index >= 15 is 0 Å². The Kier molecular flexibility index (Phi) is 4.39. The minimum Gasteiger partial charge on any atom is -0.368 e. The van der Waals surface area contributed by atoms with E-state index in [1.54, 1.807) is 0 Å². The third-order valence-electron chi connectivity index (χ3n) is 3.27. The number of nitrogen functional groups attached to an aromatic ring is 1. The van der Waals surface area contributed by atoms with Gasteiger partial charge in [0.1, 0.15) is 0 Å². The molecule has 6 heteroatoms. The Labute approximate surface area is 115 Å². The predicted molar refractivity (Wildman–Crippen MR) is 78.4 cm³/mol. The zero-order chi connectivity index (χ0) is 13.8. The highest BCUT2D eigenvalue weighted by Crippen LogP contribution is 2.19. The summed E-state index contributed by atoms with van der Waals surface area (Å²) in [6.07, 6.45) is 2.40. The molecule has 1 saturated heterocycles. The lowest BCUT2D eigenvalue weighted by Gasteiger charge is -2.24. The first kappa shape index (κ1) is 13.8. The van der Waals surface area contributed by atoms with E-state index in [9.17, 15) is 0 Å². The van der Waals surface area contributed by atoms with Crippen molar-refractivity contribution >= 4 is 17.8 Å². The molecule has 0 spiro atoms. The van der Waals surface area contributed by atoms with Gasteiger partial charge in [0.2, 0.25) is 17.8 Å². The molecular formula is C13H24N6. The topological polar surface area (TPSA) is 71.2 Å². The highest BCUT2D eigenvalue weighted by atomic mass is 15.4. The van der Waals surface area contributed by atoms with Gasteiger partial charge < -0.3 is 15.5 Å². The van der Waals surface area contributed by atoms with Crippen LogP contribution in [0.5, 0.6) is 0 Å². The molecule has 2 rings (SSSR count). The first-order chi connectivity index (χ1) is 9.10. The molecule has 1 aromatic rings. The fourth-order valence-electron chi connectivity index (χ4n) is 2.36. The average molecular weight is 264 g/mol. The monoisotopic (exact) mass is 264 g/mol. The summed E-state index contributed by atoms with van der Waals surface area (Å²) in [6.45, 7) is 10.3. The Morgan fingerprint density at radius 1 is 1.21 bits per heavy atom. The molecule has 0 aromatic carbocycles. The molecule has 106 valence electrons. The van der Waals surface area contributed by atoms with Crippen LogP contribution < -0.4 is 15.5 Å². The second-order valence-corrected chi connectivity index (χ2v) is 5.42. The van der Waals surface area contributed by atoms with Crippen LogP contribution in [0, 0.1) is 5.92 Å². The summed E-state index contributed by atoms with van der Waals surface area (Å²) in [5.41, 5.74) is 5.83. The van der Waals surface area contributed by atoms with Crippen molar-refractivity contribution in [3.05, 3.63) is 0 Å². The van der Waals surface area contributed by atoms with E-state index < -0.39 is 0 Å². The maximum Gasteiger partial charge on any atom is 0.231 e. The Bertz CT molecular complexity index is 414. The summed E-state index contributed by atoms with van der Waals surface area (Å²) >= 11 is 0. The smallest absolute Gasteiger partial charge is 0.231 e. The van der Waals surface area contributed by atoms with Crippen LogP contribution in [0.15, 0.2) is 0 Å². The Hall–Kier alpha value is -1.59. The quantitative estimate of drug-likeness (QED) is 0.869. The lowest BCUT2D eigenvalue weighted by Crippen LogP contribution is -2.30. The van der Waals surface area contributed by atoms with Crippen molar-refractivity contribution in [1.82, 2.24) is 15.0 Å². The highest BCUT2D eigenvalue weighted by molar-refractivity contribution is 5.44. The highest BCUT2D eigenvalue weighted by Gasteiger charge is 2.18. The molecule has 0 unspecified atom stereocenters. The molecule has 1 aliphatic rings. The molecule has 1 fully saturated rings. The van der Waals surface area contributed by atoms with Crippen LogP contribution in [-0.4, -0.2) is 41.1 Å². The zero-order valence-electron chi connectivity index (χ0n) is 12.1. The normalized spacial score (nSPS) is 15.3. The van der Waals surface area contributed by atoms with Crippen molar-refractivity contribution in [1.29, 1.82) is 0 Å². The fourth-order valence-corrected chi connectivity index (χ4v) is 2.36. The van der Waals surface area contributed by atoms with Crippen molar-refractivity contribution in [2.45, 2.75) is 33.6 Å². The third kappa shape index (κ3) is 3.45. The second-order valence-electron chi connectivity index (χ2n) is 5.42. The predicted octanol–water partition coefficient (Wildman–Crippen LogP) is 1.54. The van der Waals surface area contributed by atoms with Crippen molar-refractivity contribution in [2.24, 2.45) is 5.92 Å². The summed E-state index contributed by atoms with van der Waals surface area (Å²) in [4.78, 5) is 17.5. The van der Waals surface area contributed by atoms with E-state index in [0.717, 1.165) is 32.1 Å². The molecule has 2 heterocycles. The molecule has 0 bridgehead atoms. The number of rotatable bonds is 5. The van der Waals surface area contributed by atoms with Gasteiger partial charge in [-0.1, -0.05) is 13.8 Å². The minimum absolute atomic E-state index is 0.314. The van der Waals surface area contributed by atoms with Crippen LogP contribution in [0.4, 0.5) is 17.8 Å². The van der Waals surface area contributed by atoms with Gasteiger partial charge in [0.05, 0.1) is 0 Å². The molecule has 1 aliphatic heterocycles. The van der Waals surface area contributed by atoms with Gasteiger partial charge in [-0.15, -0.1) is 0 Å². The van der Waals surface area contributed by atoms with Gasteiger partial charge >= 0.3 is 0 Å². The SMILES string of the molecule is CCN(CC(C)C)c1nc(N)nc(N2CCCC2)n1. The summed E-state index contributed by atoms with van der Waals surface area (Å²) < 4.78 is 0. The summed E-state index contributed by atoms with van der Waals surface area (Å²) in [5.74, 6) is 2.30. The van der Waals surface area contributed by atoms with Gasteiger partial charge in [0.15, 0.2) is 0 Å². The van der Waals surface area contributed by atoms with E-state index in [2.05, 4.69) is 45.5 Å². The van der Waals surface area contributed by atoms with Gasteiger partial charge in [-0.05, 0) is 25.7 Å². The lowest BCUT2D eigenvalue weighted by molar-refractivity contribution is 0.608. The number of nitrogens with zero attached hydrogens (tertiary/aromatic N) is 5. The van der Waals surface area contributed by atoms with Crippen LogP contribution in [0.25, 0.3) is 0 Å². The molecule has 0 atom stereocenters. The zero-order valence-corrected chi connectivity index (χ0v) is 12.1. The van der Waals surface area contributed by atoms with Crippen LogP contribution in [0.3, 0.4) is 0 Å². The van der Waals surface area contributed by atoms with E-state index in [0.29, 0.717) is 17.8 Å². The Morgan fingerprint density at radius 3 is 2.47 bits per heavy atom. The summed E-state index contributed by atoms with van der Waals surface area (Å²) in [7, 11) is 0. The van der Waals surface area contributed by atoms with Gasteiger partial charge in [-0.25, -0.2) is 0 Å². The number of aromatic nitrogens is 3. The van der Waals surface area contributed by atoms with Crippen molar-refractivity contribution in [3.63, 3.8) is 0 Å². The average Bonchev–Trinajstić information content (AvgIpc) is 2.88. The van der Waals surface area contributed by atoms with Crippen LogP contribution in [0.1, 0.15) is 33.6 Å². The van der Waals surface area contributed by atoms with Gasteiger partial charge in [0.25, 0.3) is 0 Å². The largest absolute Gasteiger partial charge is 0.368 e. The summed E-state index contributed by atoms with van der Waals surface area (Å²) in [5, 5.41) is 0. The van der Waals surface area contributed by atoms with Crippen molar-refractivity contribution in [2.75, 3.05) is 41.7 Å². The van der Waals surface area contributed by atoms with Crippen molar-refractivity contribution < 1.29 is 0 Å². The molecule has 0 aliphatic carbocycles. The molecule has 1 aromatic heterocycles. The fraction of sp³-hybridized carbons (Fsp3) is 0.769. The molecule has 19 heavy (non-hydrogen) atoms. The first-order valence-corrected chi connectivity index (χ1v) is 7.11. The number of hydrogen-bond donors (Lipinski definition) is 1. The van der Waals surface area contributed by atoms with Crippen LogP contribution >= 0.6 is 0 Å². The van der Waals surface area contributed by atoms with Crippen LogP contribution in [0.2, 0.25) is 0 Å². The van der Waals surface area contributed by atoms with E-state index in [1.165, 1.54) is 12.8 Å². The number of anilines is 3. The van der Waals surface area contributed by atoms with E-state index in [4.69, 9.17) is 5.73 Å². The molecular weight excluding hydrogens is 240 g/mol. The minimum atomic E-state index is 0.314. The van der Waals surface area contributed by atoms with Gasteiger partial charge in [-0.2, -0.15) is 15.0 Å². The van der Waals surface area contributed by atoms with E-state index in [1.807, 2.05) is 0 Å². The molecule has 2 N–H and O–H groups in total. The van der Waals surface area contributed by atoms with E-state index in [-0.39, 0.29) is 0 Å². The third-order valence-corrected chi connectivity index (χ3v) is 3.27. The first-order valence-electron chi connectivity index (χ1n) is 7.11. The summed E-state index contributed by atoms with van der Waals surface area (Å²) in [6, 6.07) is 0. The maximum atomic E-state index is 5.83. The standard InChI is InChI=1S/C13H24N6/c1-4-18(9-10(2)3)12-15-11(14)16-13(17-12)19-7-5-6-8-19/h10H,4-9H2,1-3H3,(H2,14,15,16,17). The lowest BCUT2D eigenvalue weighted by atomic mass is 10.2. The maximum absolute atomic E-state index is 5.83. The second kappa shape index (κ2) is 6.04. The number of nitrogens with two attached hydrogens (primary N) is 1. The van der Waals surface area contributed by atoms with Gasteiger partial charge in [0, 0.05) is 26.2 Å². The Balaban J connectivity index is 2.23. The van der Waals surface area contributed by atoms with Crippen LogP contribution in [-0.2, 0) is 0 Å². The molecule has 6 nitrogen and oxygen atoms in total.